The number of benzene rings is 8. The number of hydrogen-bond acceptors (Lipinski definition) is 16. The molecule has 0 aliphatic heterocycles. The van der Waals surface area contributed by atoms with Crippen molar-refractivity contribution >= 4 is 55.6 Å². The molecule has 0 saturated heterocycles. The Kier molecular flexibility index (Phi) is 22.1. The van der Waals surface area contributed by atoms with Crippen LogP contribution in [0.2, 0.25) is 0 Å². The van der Waals surface area contributed by atoms with Crippen molar-refractivity contribution in [1.29, 1.82) is 0 Å². The molecule has 3 N–H and O–H groups in total. The smallest absolute Gasteiger partial charge is 0.493 e. The van der Waals surface area contributed by atoms with Crippen molar-refractivity contribution in [3.05, 3.63) is 226 Å². The van der Waals surface area contributed by atoms with Crippen molar-refractivity contribution in [2.75, 3.05) is 34.0 Å². The van der Waals surface area contributed by atoms with E-state index < -0.39 is 18.5 Å². The van der Waals surface area contributed by atoms with Crippen LogP contribution in [0.4, 0.5) is 0 Å². The number of nitrogens with one attached hydrogen (secondary N) is 2. The second-order valence-corrected chi connectivity index (χ2v) is 20.0. The summed E-state index contributed by atoms with van der Waals surface area (Å²) in [5.74, 6) is 4.77. The number of aliphatic carboxylic acids is 1. The number of carboxylic acids is 1. The third kappa shape index (κ3) is 15.4. The van der Waals surface area contributed by atoms with Crippen LogP contribution in [0.3, 0.4) is 0 Å². The Morgan fingerprint density at radius 1 is 0.538 bits per heavy atom. The number of carbonyl (C=O) groups excluding carboxylic acids is 1. The van der Waals surface area contributed by atoms with Gasteiger partial charge in [0, 0.05) is 56.8 Å². The SMILES string of the molecule is CCOC(=O)COc1cccc2c1c1ccccc1n2Cc1ccc(OCc2nc(-c3ccccc3)oc2C)c(OC)c1.COc1cc(Cn2c3ccccc3c3c(OCC(=O)O)cccc32)ccc1OCc1nc(-c2ccccc2)oc1C.[N-]=NNNN=O.[Na+]. The second kappa shape index (κ2) is 31.0. The quantitative estimate of drug-likeness (QED) is 0.0127. The molecule has 4 heterocycles. The van der Waals surface area contributed by atoms with E-state index in [-0.39, 0.29) is 49.4 Å². The van der Waals surface area contributed by atoms with Gasteiger partial charge in [0.25, 0.3) is 0 Å². The molecule has 0 spiro atoms. The maximum atomic E-state index is 12.0. The number of para-hydroxylation sites is 2. The van der Waals surface area contributed by atoms with Gasteiger partial charge >= 0.3 is 41.5 Å². The molecule has 91 heavy (non-hydrogen) atoms. The monoisotopic (exact) mass is 1240 g/mol. The van der Waals surface area contributed by atoms with Crippen LogP contribution in [-0.4, -0.2) is 70.2 Å². The van der Waals surface area contributed by atoms with Crippen LogP contribution >= 0.6 is 0 Å². The molecule has 12 rings (SSSR count). The van der Waals surface area contributed by atoms with Crippen molar-refractivity contribution in [2.45, 2.75) is 47.1 Å². The Balaban J connectivity index is 0.000000196. The first-order valence-electron chi connectivity index (χ1n) is 28.4. The van der Waals surface area contributed by atoms with Crippen LogP contribution in [0, 0.1) is 18.8 Å². The third-order valence-electron chi connectivity index (χ3n) is 14.4. The van der Waals surface area contributed by atoms with Crippen LogP contribution in [0.5, 0.6) is 34.5 Å². The number of nitrogens with zero attached hydrogens (tertiary/aromatic N) is 7. The number of hydrazine groups is 1. The number of fused-ring (bicyclic) bond motifs is 6. The Morgan fingerprint density at radius 3 is 1.40 bits per heavy atom. The van der Waals surface area contributed by atoms with Crippen molar-refractivity contribution in [3.63, 3.8) is 0 Å². The zero-order valence-corrected chi connectivity index (χ0v) is 52.7. The molecular formula is C68H62N9NaO13. The molecule has 0 saturated carbocycles. The van der Waals surface area contributed by atoms with Gasteiger partial charge in [0.15, 0.2) is 36.2 Å². The number of carbonyl (C=O) groups is 2. The van der Waals surface area contributed by atoms with E-state index in [9.17, 15) is 9.59 Å². The summed E-state index contributed by atoms with van der Waals surface area (Å²) in [7, 11) is 3.25. The van der Waals surface area contributed by atoms with E-state index in [4.69, 9.17) is 57.5 Å². The van der Waals surface area contributed by atoms with E-state index in [0.717, 1.165) is 77.3 Å². The molecule has 23 heteroatoms. The van der Waals surface area contributed by atoms with Gasteiger partial charge < -0.3 is 67.3 Å². The maximum Gasteiger partial charge on any atom is 1.00 e. The van der Waals surface area contributed by atoms with Gasteiger partial charge in [-0.05, 0) is 117 Å². The minimum atomic E-state index is -1.02. The van der Waals surface area contributed by atoms with E-state index in [1.54, 1.807) is 38.3 Å². The number of methoxy groups -OCH3 is 2. The Bertz CT molecular complexity index is 4470. The van der Waals surface area contributed by atoms with Gasteiger partial charge in [0.1, 0.15) is 47.6 Å². The van der Waals surface area contributed by atoms with Crippen LogP contribution in [0.1, 0.15) is 41.0 Å². The van der Waals surface area contributed by atoms with E-state index >= 15 is 0 Å². The molecule has 8 aromatic carbocycles. The topological polar surface area (TPSA) is 269 Å². The summed E-state index contributed by atoms with van der Waals surface area (Å²) in [6.07, 6.45) is 0. The molecule has 0 radical (unpaired) electrons. The first-order valence-corrected chi connectivity index (χ1v) is 28.4. The molecule has 12 aromatic rings. The Labute approximate surface area is 544 Å². The molecule has 0 aliphatic rings. The fourth-order valence-electron chi connectivity index (χ4n) is 10.3. The average Bonchev–Trinajstić information content (AvgIpc) is 1.72. The number of hydrogen-bond donors (Lipinski definition) is 3. The molecule has 0 unspecified atom stereocenters. The summed E-state index contributed by atoms with van der Waals surface area (Å²) >= 11 is 0. The number of aryl methyl sites for hydroxylation is 2. The molecular weight excluding hydrogens is 1170 g/mol. The fourth-order valence-corrected chi connectivity index (χ4v) is 10.3. The van der Waals surface area contributed by atoms with Gasteiger partial charge in [-0.1, -0.05) is 97.1 Å². The van der Waals surface area contributed by atoms with E-state index in [1.807, 2.05) is 166 Å². The molecule has 0 atom stereocenters. The molecule has 0 bridgehead atoms. The van der Waals surface area contributed by atoms with E-state index in [1.165, 1.54) is 0 Å². The predicted octanol–water partition coefficient (Wildman–Crippen LogP) is 10.9. The summed E-state index contributed by atoms with van der Waals surface area (Å²) < 4.78 is 56.5. The Hall–Kier alpha value is -10.7. The Morgan fingerprint density at radius 2 is 0.978 bits per heavy atom. The number of nitroso groups, excluding NO2 is 1. The molecule has 4 aromatic heterocycles. The van der Waals surface area contributed by atoms with E-state index in [2.05, 4.69) is 53.9 Å². The molecule has 0 amide bonds. The van der Waals surface area contributed by atoms with Crippen LogP contribution in [0.15, 0.2) is 201 Å². The largest absolute Gasteiger partial charge is 1.00 e. The maximum absolute atomic E-state index is 12.0. The minimum absolute atomic E-state index is 0. The standard InChI is InChI=1S/C35H32N2O6.C33H28N2O6.H2N5O.Na/c1-4-40-33(38)22-42-31-16-10-15-29-34(31)26-13-8-9-14-28(26)37(29)20-24-17-18-30(32(19-24)39-3)41-21-27-23(2)43-35(36-27)25-11-6-5-7-12-25;1-21-25(34-33(41-21)23-9-4-3-5-10-23)19-39-28-16-15-22(17-30(28)38-2)18-35-26-12-7-6-11-24(26)32-27(35)13-8-14-29(32)40-20-31(36)37;1-2-3-4-5-6;/h5-19H,4,20-22H2,1-3H3;3-17H,18-20H2,1-2H3,(H,36,37);(H2-,1,2,3,4,5,6);/q;;-1;+1. The second-order valence-electron chi connectivity index (χ2n) is 20.0. The predicted molar refractivity (Wildman–Crippen MR) is 338 cm³/mol. The van der Waals surface area contributed by atoms with Crippen LogP contribution in [-0.2, 0) is 40.6 Å². The third-order valence-corrected chi connectivity index (χ3v) is 14.4. The summed E-state index contributed by atoms with van der Waals surface area (Å²) in [6, 6.07) is 59.1. The van der Waals surface area contributed by atoms with Crippen LogP contribution < -0.4 is 69.0 Å². The van der Waals surface area contributed by atoms with Gasteiger partial charge in [-0.2, -0.15) is 0 Å². The van der Waals surface area contributed by atoms with Crippen LogP contribution in [0.25, 0.3) is 72.1 Å². The van der Waals surface area contributed by atoms with Gasteiger partial charge in [-0.25, -0.2) is 25.1 Å². The molecule has 22 nitrogen and oxygen atoms in total. The number of aromatic nitrogens is 4. The zero-order valence-electron chi connectivity index (χ0n) is 50.7. The van der Waals surface area contributed by atoms with Crippen molar-refractivity contribution in [3.8, 4) is 57.4 Å². The summed E-state index contributed by atoms with van der Waals surface area (Å²) in [5.41, 5.74) is 20.1. The summed E-state index contributed by atoms with van der Waals surface area (Å²) in [4.78, 5) is 41.4. The summed E-state index contributed by atoms with van der Waals surface area (Å²) in [6.45, 7) is 6.94. The number of carboxylic acid groups (broad SMARTS) is 1. The molecule has 0 fully saturated rings. The normalized spacial score (nSPS) is 10.7. The van der Waals surface area contributed by atoms with E-state index in [0.29, 0.717) is 77.5 Å². The zero-order chi connectivity index (χ0) is 62.9. The van der Waals surface area contributed by atoms with Gasteiger partial charge in [-0.15, -0.1) is 4.91 Å². The van der Waals surface area contributed by atoms with Gasteiger partial charge in [-0.3, -0.25) is 5.22 Å². The average molecular weight is 1240 g/mol. The van der Waals surface area contributed by atoms with Crippen molar-refractivity contribution in [2.24, 2.45) is 10.5 Å². The first-order chi connectivity index (χ1) is 44.0. The minimum Gasteiger partial charge on any atom is -0.493 e. The van der Waals surface area contributed by atoms with Crippen molar-refractivity contribution in [1.82, 2.24) is 30.2 Å². The van der Waals surface area contributed by atoms with Crippen molar-refractivity contribution < 1.29 is 86.2 Å². The fraction of sp³-hybridized carbons (Fsp3) is 0.176. The molecule has 458 valence electrons. The number of esters is 1. The number of ether oxygens (including phenoxy) is 7. The summed E-state index contributed by atoms with van der Waals surface area (Å²) in [5, 5.41) is 17.3. The van der Waals surface area contributed by atoms with Gasteiger partial charge in [0.05, 0.1) is 37.1 Å². The number of rotatable bonds is 24. The first kappa shape index (κ1) is 64.8. The number of oxazole rings is 2. The van der Waals surface area contributed by atoms with Gasteiger partial charge in [0.2, 0.25) is 11.8 Å². The molecule has 0 aliphatic carbocycles.